The molecule has 0 saturated carbocycles. The predicted octanol–water partition coefficient (Wildman–Crippen LogP) is 2.22. The molecule has 0 radical (unpaired) electrons. The number of pyridine rings is 1. The number of amides is 1. The Balaban J connectivity index is 1.99. The van der Waals surface area contributed by atoms with E-state index in [1.807, 2.05) is 13.0 Å². The van der Waals surface area contributed by atoms with Gasteiger partial charge < -0.3 is 19.9 Å². The van der Waals surface area contributed by atoms with Crippen molar-refractivity contribution < 1.29 is 14.1 Å². The molecule has 21 heavy (non-hydrogen) atoms. The highest BCUT2D eigenvalue weighted by molar-refractivity contribution is 5.95. The highest BCUT2D eigenvalue weighted by atomic mass is 16.5. The van der Waals surface area contributed by atoms with E-state index in [9.17, 15) is 4.79 Å². The van der Waals surface area contributed by atoms with Crippen LogP contribution in [0.15, 0.2) is 28.9 Å². The van der Waals surface area contributed by atoms with Crippen LogP contribution in [-0.4, -0.2) is 29.2 Å². The normalized spacial score (nSPS) is 11.8. The molecule has 0 aliphatic rings. The molecule has 1 atom stereocenters. The molecule has 0 bridgehead atoms. The Morgan fingerprint density at radius 3 is 2.81 bits per heavy atom. The van der Waals surface area contributed by atoms with Crippen molar-refractivity contribution >= 4 is 17.4 Å². The van der Waals surface area contributed by atoms with Crippen molar-refractivity contribution in [3.8, 4) is 5.88 Å². The summed E-state index contributed by atoms with van der Waals surface area (Å²) in [5.74, 6) is 1.40. The van der Waals surface area contributed by atoms with E-state index >= 15 is 0 Å². The van der Waals surface area contributed by atoms with Crippen LogP contribution in [0.3, 0.4) is 0 Å². The molecule has 2 rings (SSSR count). The lowest BCUT2D eigenvalue weighted by atomic mass is 10.2. The monoisotopic (exact) mass is 290 g/mol. The zero-order valence-corrected chi connectivity index (χ0v) is 12.2. The van der Waals surface area contributed by atoms with Crippen LogP contribution < -0.4 is 15.4 Å². The SMILES string of the molecule is CC[C@H](Nc1ccc(OC)nc1)C(=O)Nc1cc(C)on1. The second kappa shape index (κ2) is 6.74. The number of carbonyl (C=O) groups excluding carboxylic acids is 1. The molecule has 0 fully saturated rings. The summed E-state index contributed by atoms with van der Waals surface area (Å²) in [5.41, 5.74) is 0.745. The Kier molecular flexibility index (Phi) is 4.76. The lowest BCUT2D eigenvalue weighted by Gasteiger charge is -2.16. The van der Waals surface area contributed by atoms with Crippen LogP contribution in [0, 0.1) is 6.92 Å². The highest BCUT2D eigenvalue weighted by Gasteiger charge is 2.17. The van der Waals surface area contributed by atoms with E-state index in [1.165, 1.54) is 0 Å². The van der Waals surface area contributed by atoms with Crippen molar-refractivity contribution in [1.29, 1.82) is 0 Å². The van der Waals surface area contributed by atoms with Crippen LogP contribution in [0.25, 0.3) is 0 Å². The molecule has 1 amide bonds. The molecule has 0 aliphatic carbocycles. The quantitative estimate of drug-likeness (QED) is 0.848. The first-order valence-corrected chi connectivity index (χ1v) is 6.63. The van der Waals surface area contributed by atoms with Gasteiger partial charge in [-0.3, -0.25) is 4.79 Å². The molecule has 7 heteroatoms. The number of anilines is 2. The molecule has 2 N–H and O–H groups in total. The second-order valence-electron chi connectivity index (χ2n) is 4.51. The smallest absolute Gasteiger partial charge is 0.248 e. The predicted molar refractivity (Wildman–Crippen MR) is 78.4 cm³/mol. The fourth-order valence-electron chi connectivity index (χ4n) is 1.78. The Morgan fingerprint density at radius 1 is 1.48 bits per heavy atom. The van der Waals surface area contributed by atoms with Crippen molar-refractivity contribution in [2.45, 2.75) is 26.3 Å². The lowest BCUT2D eigenvalue weighted by molar-refractivity contribution is -0.117. The fourth-order valence-corrected chi connectivity index (χ4v) is 1.78. The van der Waals surface area contributed by atoms with E-state index in [0.29, 0.717) is 23.9 Å². The minimum absolute atomic E-state index is 0.179. The summed E-state index contributed by atoms with van der Waals surface area (Å²) in [5, 5.41) is 9.56. The summed E-state index contributed by atoms with van der Waals surface area (Å²) < 4.78 is 9.91. The van der Waals surface area contributed by atoms with Crippen LogP contribution in [-0.2, 0) is 4.79 Å². The van der Waals surface area contributed by atoms with Gasteiger partial charge in [-0.15, -0.1) is 0 Å². The van der Waals surface area contributed by atoms with Crippen molar-refractivity contribution in [3.05, 3.63) is 30.2 Å². The average molecular weight is 290 g/mol. The molecule has 112 valence electrons. The molecule has 7 nitrogen and oxygen atoms in total. The van der Waals surface area contributed by atoms with Gasteiger partial charge in [0.05, 0.1) is 19.0 Å². The second-order valence-corrected chi connectivity index (χ2v) is 4.51. The number of rotatable bonds is 6. The number of aryl methyl sites for hydroxylation is 1. The summed E-state index contributed by atoms with van der Waals surface area (Å²) in [4.78, 5) is 16.3. The van der Waals surface area contributed by atoms with E-state index in [-0.39, 0.29) is 5.91 Å². The third-order valence-electron chi connectivity index (χ3n) is 2.89. The summed E-state index contributed by atoms with van der Waals surface area (Å²) in [6.07, 6.45) is 2.24. The Hall–Kier alpha value is -2.57. The number of carbonyl (C=O) groups is 1. The number of nitrogens with one attached hydrogen (secondary N) is 2. The largest absolute Gasteiger partial charge is 0.481 e. The fraction of sp³-hybridized carbons (Fsp3) is 0.357. The maximum absolute atomic E-state index is 12.2. The van der Waals surface area contributed by atoms with Crippen molar-refractivity contribution in [2.24, 2.45) is 0 Å². The number of hydrogen-bond acceptors (Lipinski definition) is 6. The van der Waals surface area contributed by atoms with Gasteiger partial charge in [-0.2, -0.15) is 0 Å². The van der Waals surface area contributed by atoms with Gasteiger partial charge in [0.15, 0.2) is 5.82 Å². The van der Waals surface area contributed by atoms with Crippen molar-refractivity contribution in [3.63, 3.8) is 0 Å². The van der Waals surface area contributed by atoms with E-state index in [1.54, 1.807) is 32.4 Å². The van der Waals surface area contributed by atoms with Gasteiger partial charge in [0.25, 0.3) is 0 Å². The van der Waals surface area contributed by atoms with Crippen molar-refractivity contribution in [1.82, 2.24) is 10.1 Å². The van der Waals surface area contributed by atoms with Crippen LogP contribution in [0.1, 0.15) is 19.1 Å². The molecule has 2 heterocycles. The third kappa shape index (κ3) is 3.95. The molecule has 0 aromatic carbocycles. The topological polar surface area (TPSA) is 89.3 Å². The Morgan fingerprint density at radius 2 is 2.29 bits per heavy atom. The van der Waals surface area contributed by atoms with Gasteiger partial charge in [-0.1, -0.05) is 12.1 Å². The summed E-state index contributed by atoms with van der Waals surface area (Å²) >= 11 is 0. The van der Waals surface area contributed by atoms with E-state index < -0.39 is 6.04 Å². The molecule has 0 spiro atoms. The molecular weight excluding hydrogens is 272 g/mol. The first-order valence-electron chi connectivity index (χ1n) is 6.63. The molecule has 0 unspecified atom stereocenters. The molecule has 2 aromatic heterocycles. The highest BCUT2D eigenvalue weighted by Crippen LogP contribution is 2.14. The van der Waals surface area contributed by atoms with E-state index in [0.717, 1.165) is 5.69 Å². The van der Waals surface area contributed by atoms with Gasteiger partial charge in [-0.25, -0.2) is 4.98 Å². The number of methoxy groups -OCH3 is 1. The first-order chi connectivity index (χ1) is 10.1. The van der Waals surface area contributed by atoms with Crippen LogP contribution in [0.5, 0.6) is 5.88 Å². The summed E-state index contributed by atoms with van der Waals surface area (Å²) in [6.45, 7) is 3.68. The van der Waals surface area contributed by atoms with E-state index in [4.69, 9.17) is 9.26 Å². The van der Waals surface area contributed by atoms with Gasteiger partial charge in [0, 0.05) is 12.1 Å². The minimum Gasteiger partial charge on any atom is -0.481 e. The van der Waals surface area contributed by atoms with Gasteiger partial charge >= 0.3 is 0 Å². The number of nitrogens with zero attached hydrogens (tertiary/aromatic N) is 2. The van der Waals surface area contributed by atoms with Crippen molar-refractivity contribution in [2.75, 3.05) is 17.7 Å². The zero-order chi connectivity index (χ0) is 15.2. The summed E-state index contributed by atoms with van der Waals surface area (Å²) in [7, 11) is 1.55. The Bertz CT molecular complexity index is 595. The molecule has 0 aliphatic heterocycles. The standard InChI is InChI=1S/C14H18N4O3/c1-4-11(14(19)17-12-7-9(2)21-18-12)16-10-5-6-13(20-3)15-8-10/h5-8,11,16H,4H2,1-3H3,(H,17,18,19)/t11-/m0/s1. The van der Waals surface area contributed by atoms with Gasteiger partial charge in [-0.05, 0) is 19.4 Å². The van der Waals surface area contributed by atoms with Gasteiger partial charge in [0.2, 0.25) is 11.8 Å². The maximum Gasteiger partial charge on any atom is 0.248 e. The molecule has 2 aromatic rings. The van der Waals surface area contributed by atoms with Crippen LogP contribution >= 0.6 is 0 Å². The zero-order valence-electron chi connectivity index (χ0n) is 12.2. The number of hydrogen-bond donors (Lipinski definition) is 2. The van der Waals surface area contributed by atoms with Crippen LogP contribution in [0.2, 0.25) is 0 Å². The molecular formula is C14H18N4O3. The number of aromatic nitrogens is 2. The molecule has 0 saturated heterocycles. The summed E-state index contributed by atoms with van der Waals surface area (Å²) in [6, 6.07) is 4.81. The minimum atomic E-state index is -0.391. The van der Waals surface area contributed by atoms with E-state index in [2.05, 4.69) is 20.8 Å². The first kappa shape index (κ1) is 14.8. The lowest BCUT2D eigenvalue weighted by Crippen LogP contribution is -2.34. The van der Waals surface area contributed by atoms with Gasteiger partial charge in [0.1, 0.15) is 11.8 Å². The third-order valence-corrected chi connectivity index (χ3v) is 2.89. The Labute approximate surface area is 122 Å². The average Bonchev–Trinajstić information content (AvgIpc) is 2.90. The van der Waals surface area contributed by atoms with Crippen LogP contribution in [0.4, 0.5) is 11.5 Å². The maximum atomic E-state index is 12.2. The number of ether oxygens (including phenoxy) is 1.